The number of likely N-dealkylation sites (tertiary alicyclic amines) is 1. The third-order valence-electron chi connectivity index (χ3n) is 4.12. The first-order valence-electron chi connectivity index (χ1n) is 7.90. The molecule has 1 unspecified atom stereocenters. The molecule has 1 saturated heterocycles. The molecule has 1 N–H and O–H groups in total. The Labute approximate surface area is 135 Å². The minimum absolute atomic E-state index is 0.110. The van der Waals surface area contributed by atoms with Gasteiger partial charge in [0.05, 0.1) is 17.3 Å². The van der Waals surface area contributed by atoms with Crippen LogP contribution in [0, 0.1) is 11.7 Å². The first kappa shape index (κ1) is 15.6. The molecule has 0 aliphatic carbocycles. The number of hydrogen-bond donors (Lipinski definition) is 1. The van der Waals surface area contributed by atoms with Gasteiger partial charge in [0.15, 0.2) is 0 Å². The number of hydrogen-bond acceptors (Lipinski definition) is 3. The SMILES string of the molecule is O=C(Nc1ccccc1F)C1CCCN(Cc2ccccn2)C1. The van der Waals surface area contributed by atoms with Gasteiger partial charge in [0.25, 0.3) is 0 Å². The Bertz CT molecular complexity index is 662. The molecule has 1 aliphatic heterocycles. The number of piperidine rings is 1. The Hall–Kier alpha value is -2.27. The molecule has 1 fully saturated rings. The van der Waals surface area contributed by atoms with Crippen LogP contribution < -0.4 is 5.32 Å². The molecule has 2 heterocycles. The first-order valence-corrected chi connectivity index (χ1v) is 7.90. The predicted molar refractivity (Wildman–Crippen MR) is 87.3 cm³/mol. The number of nitrogens with zero attached hydrogens (tertiary/aromatic N) is 2. The molecule has 0 saturated carbocycles. The van der Waals surface area contributed by atoms with E-state index in [1.807, 2.05) is 18.2 Å². The van der Waals surface area contributed by atoms with Crippen molar-refractivity contribution in [1.29, 1.82) is 0 Å². The maximum Gasteiger partial charge on any atom is 0.228 e. The summed E-state index contributed by atoms with van der Waals surface area (Å²) in [6, 6.07) is 12.1. The highest BCUT2D eigenvalue weighted by Crippen LogP contribution is 2.21. The molecular weight excluding hydrogens is 293 g/mol. The molecule has 23 heavy (non-hydrogen) atoms. The third-order valence-corrected chi connectivity index (χ3v) is 4.12. The largest absolute Gasteiger partial charge is 0.323 e. The fourth-order valence-corrected chi connectivity index (χ4v) is 2.93. The third kappa shape index (κ3) is 4.13. The van der Waals surface area contributed by atoms with Gasteiger partial charge in [-0.15, -0.1) is 0 Å². The number of carbonyl (C=O) groups is 1. The molecular formula is C18H20FN3O. The lowest BCUT2D eigenvalue weighted by atomic mass is 9.97. The highest BCUT2D eigenvalue weighted by Gasteiger charge is 2.26. The van der Waals surface area contributed by atoms with Crippen molar-refractivity contribution in [2.24, 2.45) is 5.92 Å². The number of halogens is 1. The zero-order valence-corrected chi connectivity index (χ0v) is 12.9. The smallest absolute Gasteiger partial charge is 0.228 e. The van der Waals surface area contributed by atoms with Crippen LogP contribution in [0.2, 0.25) is 0 Å². The van der Waals surface area contributed by atoms with Crippen LogP contribution in [0.5, 0.6) is 0 Å². The number of carbonyl (C=O) groups excluding carboxylic acids is 1. The molecule has 2 aromatic rings. The fourth-order valence-electron chi connectivity index (χ4n) is 2.93. The lowest BCUT2D eigenvalue weighted by Crippen LogP contribution is -2.40. The van der Waals surface area contributed by atoms with Crippen molar-refractivity contribution in [1.82, 2.24) is 9.88 Å². The van der Waals surface area contributed by atoms with E-state index >= 15 is 0 Å². The van der Waals surface area contributed by atoms with Gasteiger partial charge in [0, 0.05) is 19.3 Å². The summed E-state index contributed by atoms with van der Waals surface area (Å²) in [6.45, 7) is 2.38. The van der Waals surface area contributed by atoms with Crippen LogP contribution in [-0.2, 0) is 11.3 Å². The van der Waals surface area contributed by atoms with Gasteiger partial charge in [-0.3, -0.25) is 14.7 Å². The van der Waals surface area contributed by atoms with Crippen LogP contribution in [0.15, 0.2) is 48.7 Å². The van der Waals surface area contributed by atoms with Gasteiger partial charge < -0.3 is 5.32 Å². The summed E-state index contributed by atoms with van der Waals surface area (Å²) >= 11 is 0. The lowest BCUT2D eigenvalue weighted by molar-refractivity contribution is -0.121. The van der Waals surface area contributed by atoms with Gasteiger partial charge in [-0.2, -0.15) is 0 Å². The number of rotatable bonds is 4. The zero-order valence-electron chi connectivity index (χ0n) is 12.9. The van der Waals surface area contributed by atoms with Crippen LogP contribution >= 0.6 is 0 Å². The Morgan fingerprint density at radius 3 is 2.87 bits per heavy atom. The minimum atomic E-state index is -0.401. The fraction of sp³-hybridized carbons (Fsp3) is 0.333. The predicted octanol–water partition coefficient (Wildman–Crippen LogP) is 3.07. The Kier molecular flexibility index (Phi) is 4.98. The Morgan fingerprint density at radius 1 is 1.26 bits per heavy atom. The van der Waals surface area contributed by atoms with E-state index in [1.165, 1.54) is 6.07 Å². The second-order valence-electron chi connectivity index (χ2n) is 5.86. The monoisotopic (exact) mass is 313 g/mol. The number of nitrogens with one attached hydrogen (secondary N) is 1. The van der Waals surface area contributed by atoms with E-state index in [-0.39, 0.29) is 17.5 Å². The number of anilines is 1. The highest BCUT2D eigenvalue weighted by molar-refractivity contribution is 5.92. The number of benzene rings is 1. The lowest BCUT2D eigenvalue weighted by Gasteiger charge is -2.31. The molecule has 1 aliphatic rings. The molecule has 0 radical (unpaired) electrons. The summed E-state index contributed by atoms with van der Waals surface area (Å²) in [4.78, 5) is 19.0. The molecule has 3 rings (SSSR count). The Morgan fingerprint density at radius 2 is 2.09 bits per heavy atom. The second-order valence-corrected chi connectivity index (χ2v) is 5.86. The molecule has 0 bridgehead atoms. The van der Waals surface area contributed by atoms with E-state index in [4.69, 9.17) is 0 Å². The first-order chi connectivity index (χ1) is 11.2. The van der Waals surface area contributed by atoms with Gasteiger partial charge in [-0.05, 0) is 43.7 Å². The summed E-state index contributed by atoms with van der Waals surface area (Å²) in [6.07, 6.45) is 3.57. The summed E-state index contributed by atoms with van der Waals surface area (Å²) in [5, 5.41) is 2.71. The van der Waals surface area contributed by atoms with Crippen molar-refractivity contribution in [2.75, 3.05) is 18.4 Å². The van der Waals surface area contributed by atoms with Crippen molar-refractivity contribution in [3.05, 3.63) is 60.2 Å². The second kappa shape index (κ2) is 7.33. The van der Waals surface area contributed by atoms with Gasteiger partial charge >= 0.3 is 0 Å². The number of pyridine rings is 1. The van der Waals surface area contributed by atoms with E-state index in [0.29, 0.717) is 6.54 Å². The molecule has 1 aromatic heterocycles. The molecule has 120 valence electrons. The highest BCUT2D eigenvalue weighted by atomic mass is 19.1. The summed E-state index contributed by atoms with van der Waals surface area (Å²) in [5.74, 6) is -0.630. The van der Waals surface area contributed by atoms with Crippen molar-refractivity contribution in [3.8, 4) is 0 Å². The standard InChI is InChI=1S/C18H20FN3O/c19-16-8-1-2-9-17(16)21-18(23)14-6-5-11-22(12-14)13-15-7-3-4-10-20-15/h1-4,7-10,14H,5-6,11-13H2,(H,21,23). The van der Waals surface area contributed by atoms with E-state index in [0.717, 1.165) is 31.6 Å². The van der Waals surface area contributed by atoms with Crippen LogP contribution in [0.3, 0.4) is 0 Å². The van der Waals surface area contributed by atoms with Crippen LogP contribution in [-0.4, -0.2) is 28.9 Å². The zero-order chi connectivity index (χ0) is 16.1. The van der Waals surface area contributed by atoms with Crippen molar-refractivity contribution < 1.29 is 9.18 Å². The van der Waals surface area contributed by atoms with Crippen LogP contribution in [0.1, 0.15) is 18.5 Å². The molecule has 5 heteroatoms. The van der Waals surface area contributed by atoms with Gasteiger partial charge in [-0.25, -0.2) is 4.39 Å². The summed E-state index contributed by atoms with van der Waals surface area (Å²) in [5.41, 5.74) is 1.25. The maximum absolute atomic E-state index is 13.6. The van der Waals surface area contributed by atoms with E-state index in [9.17, 15) is 9.18 Å². The van der Waals surface area contributed by atoms with Crippen molar-refractivity contribution in [3.63, 3.8) is 0 Å². The van der Waals surface area contributed by atoms with Crippen LogP contribution in [0.4, 0.5) is 10.1 Å². The Balaban J connectivity index is 1.59. The van der Waals surface area contributed by atoms with Crippen molar-refractivity contribution >= 4 is 11.6 Å². The quantitative estimate of drug-likeness (QED) is 0.943. The van der Waals surface area contributed by atoms with Gasteiger partial charge in [0.2, 0.25) is 5.91 Å². The molecule has 0 spiro atoms. The number of amides is 1. The molecule has 1 aromatic carbocycles. The molecule has 1 atom stereocenters. The van der Waals surface area contributed by atoms with E-state index < -0.39 is 5.82 Å². The molecule has 4 nitrogen and oxygen atoms in total. The number of para-hydroxylation sites is 1. The summed E-state index contributed by atoms with van der Waals surface area (Å²) < 4.78 is 13.6. The number of aromatic nitrogens is 1. The van der Waals surface area contributed by atoms with Gasteiger partial charge in [0.1, 0.15) is 5.82 Å². The summed E-state index contributed by atoms with van der Waals surface area (Å²) in [7, 11) is 0. The topological polar surface area (TPSA) is 45.2 Å². The van der Waals surface area contributed by atoms with Gasteiger partial charge in [-0.1, -0.05) is 18.2 Å². The van der Waals surface area contributed by atoms with E-state index in [2.05, 4.69) is 15.2 Å². The average Bonchev–Trinajstić information content (AvgIpc) is 2.58. The normalized spacial score (nSPS) is 18.6. The maximum atomic E-state index is 13.6. The average molecular weight is 313 g/mol. The van der Waals surface area contributed by atoms with Crippen LogP contribution in [0.25, 0.3) is 0 Å². The molecule has 1 amide bonds. The van der Waals surface area contributed by atoms with Crippen molar-refractivity contribution in [2.45, 2.75) is 19.4 Å². The minimum Gasteiger partial charge on any atom is -0.323 e. The van der Waals surface area contributed by atoms with E-state index in [1.54, 1.807) is 24.4 Å².